The number of hydrogen-bond acceptors (Lipinski definition) is 2. The molecule has 2 nitrogen and oxygen atoms in total. The molecule has 0 amide bonds. The summed E-state index contributed by atoms with van der Waals surface area (Å²) in [4.78, 5) is 0. The minimum atomic E-state index is -0.746. The molecule has 3 heteroatoms. The second-order valence-corrected chi connectivity index (χ2v) is 7.68. The van der Waals surface area contributed by atoms with Crippen LogP contribution in [0.5, 0.6) is 0 Å². The van der Waals surface area contributed by atoms with Gasteiger partial charge in [0.05, 0.1) is 5.60 Å². The van der Waals surface area contributed by atoms with Crippen LogP contribution < -0.4 is 5.73 Å². The molecule has 1 fully saturated rings. The van der Waals surface area contributed by atoms with Gasteiger partial charge in [-0.05, 0) is 43.4 Å². The average molecular weight is 340 g/mol. The van der Waals surface area contributed by atoms with Crippen LogP contribution in [0, 0.1) is 11.3 Å². The van der Waals surface area contributed by atoms with Crippen LogP contribution in [0.1, 0.15) is 45.1 Å². The van der Waals surface area contributed by atoms with Crippen molar-refractivity contribution in [2.45, 2.75) is 51.6 Å². The number of nitrogens with two attached hydrogens (primary N) is 1. The molecule has 1 aliphatic rings. The van der Waals surface area contributed by atoms with Crippen molar-refractivity contribution >= 4 is 15.9 Å². The maximum Gasteiger partial charge on any atom is 0.0728 e. The first-order chi connectivity index (χ1) is 9.38. The molecule has 0 spiro atoms. The molecule has 0 heterocycles. The van der Waals surface area contributed by atoms with Crippen LogP contribution >= 0.6 is 15.9 Å². The van der Waals surface area contributed by atoms with Crippen LogP contribution in [-0.4, -0.2) is 17.3 Å². The molecule has 0 bridgehead atoms. The van der Waals surface area contributed by atoms with Crippen LogP contribution in [0.4, 0.5) is 0 Å². The van der Waals surface area contributed by atoms with Crippen molar-refractivity contribution in [3.05, 3.63) is 34.3 Å². The lowest BCUT2D eigenvalue weighted by Crippen LogP contribution is -2.54. The Labute approximate surface area is 130 Å². The van der Waals surface area contributed by atoms with Crippen LogP contribution in [0.25, 0.3) is 0 Å². The average Bonchev–Trinajstić information content (AvgIpc) is 2.41. The minimum absolute atomic E-state index is 0.141. The third-order valence-corrected chi connectivity index (χ3v) is 5.61. The van der Waals surface area contributed by atoms with Crippen molar-refractivity contribution in [3.8, 4) is 0 Å². The predicted molar refractivity (Wildman–Crippen MR) is 87.6 cm³/mol. The smallest absolute Gasteiger partial charge is 0.0728 e. The zero-order chi connectivity index (χ0) is 14.8. The molecule has 112 valence electrons. The summed E-state index contributed by atoms with van der Waals surface area (Å²) in [5.41, 5.74) is 6.38. The van der Waals surface area contributed by atoms with Gasteiger partial charge in [0.1, 0.15) is 0 Å². The van der Waals surface area contributed by atoms with E-state index in [-0.39, 0.29) is 5.41 Å². The molecule has 0 saturated heterocycles. The maximum absolute atomic E-state index is 11.1. The summed E-state index contributed by atoms with van der Waals surface area (Å²) in [7, 11) is 0. The van der Waals surface area contributed by atoms with Gasteiger partial charge in [-0.2, -0.15) is 0 Å². The highest BCUT2D eigenvalue weighted by Gasteiger charge is 2.47. The summed E-state index contributed by atoms with van der Waals surface area (Å²) in [6.45, 7) is 4.82. The van der Waals surface area contributed by atoms with Gasteiger partial charge in [0.25, 0.3) is 0 Å². The van der Waals surface area contributed by atoms with E-state index in [0.29, 0.717) is 18.9 Å². The molecule has 0 aromatic heterocycles. The molecule has 3 atom stereocenters. The van der Waals surface area contributed by atoms with Gasteiger partial charge in [-0.25, -0.2) is 0 Å². The summed E-state index contributed by atoms with van der Waals surface area (Å²) in [6, 6.07) is 8.22. The summed E-state index contributed by atoms with van der Waals surface area (Å²) < 4.78 is 1.07. The lowest BCUT2D eigenvalue weighted by atomic mass is 9.60. The van der Waals surface area contributed by atoms with Gasteiger partial charge < -0.3 is 10.8 Å². The topological polar surface area (TPSA) is 46.2 Å². The Morgan fingerprint density at radius 1 is 1.40 bits per heavy atom. The Balaban J connectivity index is 2.20. The lowest BCUT2D eigenvalue weighted by Gasteiger charge is -2.49. The molecule has 3 N–H and O–H groups in total. The molecule has 1 aliphatic carbocycles. The lowest BCUT2D eigenvalue weighted by molar-refractivity contribution is -0.0936. The first-order valence-corrected chi connectivity index (χ1v) is 8.35. The molecular formula is C17H26BrNO. The highest BCUT2D eigenvalue weighted by molar-refractivity contribution is 9.10. The number of aliphatic hydroxyl groups is 1. The van der Waals surface area contributed by atoms with Crippen LogP contribution in [0.2, 0.25) is 0 Å². The zero-order valence-electron chi connectivity index (χ0n) is 12.5. The maximum atomic E-state index is 11.1. The second kappa shape index (κ2) is 6.17. The molecular weight excluding hydrogens is 314 g/mol. The van der Waals surface area contributed by atoms with Gasteiger partial charge in [0.2, 0.25) is 0 Å². The van der Waals surface area contributed by atoms with E-state index in [1.165, 1.54) is 18.4 Å². The van der Waals surface area contributed by atoms with E-state index in [2.05, 4.69) is 35.0 Å². The second-order valence-electron chi connectivity index (χ2n) is 6.76. The summed E-state index contributed by atoms with van der Waals surface area (Å²) in [6.07, 6.45) is 5.18. The standard InChI is InChI=1S/C17H26BrNO/c1-13-4-3-9-17(10-13,12-19)16(2,20)11-14-5-7-15(18)8-6-14/h5-8,13,20H,3-4,9-12,19H2,1-2H3. The normalized spacial score (nSPS) is 29.9. The van der Waals surface area contributed by atoms with E-state index >= 15 is 0 Å². The highest BCUT2D eigenvalue weighted by atomic mass is 79.9. The summed E-state index contributed by atoms with van der Waals surface area (Å²) >= 11 is 3.45. The molecule has 2 rings (SSSR count). The Bertz CT molecular complexity index is 443. The van der Waals surface area contributed by atoms with Crippen molar-refractivity contribution in [3.63, 3.8) is 0 Å². The van der Waals surface area contributed by atoms with Gasteiger partial charge >= 0.3 is 0 Å². The predicted octanol–water partition coefficient (Wildman–Crippen LogP) is 3.90. The van der Waals surface area contributed by atoms with Crippen LogP contribution in [0.15, 0.2) is 28.7 Å². The Morgan fingerprint density at radius 3 is 2.60 bits per heavy atom. The Kier molecular flexibility index (Phi) is 4.93. The van der Waals surface area contributed by atoms with E-state index in [9.17, 15) is 5.11 Å². The molecule has 1 saturated carbocycles. The van der Waals surface area contributed by atoms with Gasteiger partial charge in [0.15, 0.2) is 0 Å². The van der Waals surface area contributed by atoms with Crippen molar-refractivity contribution in [1.82, 2.24) is 0 Å². The third-order valence-electron chi connectivity index (χ3n) is 5.09. The van der Waals surface area contributed by atoms with E-state index in [1.54, 1.807) is 0 Å². The summed E-state index contributed by atoms with van der Waals surface area (Å²) in [5, 5.41) is 11.1. The molecule has 3 unspecified atom stereocenters. The largest absolute Gasteiger partial charge is 0.389 e. The molecule has 0 aliphatic heterocycles. The van der Waals surface area contributed by atoms with Gasteiger partial charge in [-0.1, -0.05) is 47.8 Å². The Hall–Kier alpha value is -0.380. The SMILES string of the molecule is CC1CCCC(CN)(C(C)(O)Cc2ccc(Br)cc2)C1. The number of halogens is 1. The van der Waals surface area contributed by atoms with E-state index in [0.717, 1.165) is 17.3 Å². The quantitative estimate of drug-likeness (QED) is 0.873. The van der Waals surface area contributed by atoms with Crippen molar-refractivity contribution in [2.75, 3.05) is 6.54 Å². The first kappa shape index (κ1) is 16.0. The van der Waals surface area contributed by atoms with Crippen molar-refractivity contribution in [2.24, 2.45) is 17.1 Å². The fourth-order valence-electron chi connectivity index (χ4n) is 3.74. The Morgan fingerprint density at radius 2 is 2.05 bits per heavy atom. The fourth-order valence-corrected chi connectivity index (χ4v) is 4.01. The van der Waals surface area contributed by atoms with Gasteiger partial charge in [-0.15, -0.1) is 0 Å². The highest BCUT2D eigenvalue weighted by Crippen LogP contribution is 2.47. The number of hydrogen-bond donors (Lipinski definition) is 2. The third kappa shape index (κ3) is 3.26. The molecule has 1 aromatic rings. The number of benzene rings is 1. The van der Waals surface area contributed by atoms with Gasteiger partial charge in [0, 0.05) is 22.9 Å². The molecule has 0 radical (unpaired) electrons. The number of rotatable bonds is 4. The molecule has 1 aromatic carbocycles. The van der Waals surface area contributed by atoms with Crippen molar-refractivity contribution < 1.29 is 5.11 Å². The van der Waals surface area contributed by atoms with E-state index in [4.69, 9.17) is 5.73 Å². The summed E-state index contributed by atoms with van der Waals surface area (Å²) in [5.74, 6) is 0.656. The van der Waals surface area contributed by atoms with Crippen LogP contribution in [0.3, 0.4) is 0 Å². The fraction of sp³-hybridized carbons (Fsp3) is 0.647. The van der Waals surface area contributed by atoms with E-state index < -0.39 is 5.60 Å². The van der Waals surface area contributed by atoms with E-state index in [1.807, 2.05) is 19.1 Å². The zero-order valence-corrected chi connectivity index (χ0v) is 14.1. The van der Waals surface area contributed by atoms with Crippen molar-refractivity contribution in [1.29, 1.82) is 0 Å². The van der Waals surface area contributed by atoms with Gasteiger partial charge in [-0.3, -0.25) is 0 Å². The van der Waals surface area contributed by atoms with Crippen LogP contribution in [-0.2, 0) is 6.42 Å². The first-order valence-electron chi connectivity index (χ1n) is 7.55. The molecule has 20 heavy (non-hydrogen) atoms. The monoisotopic (exact) mass is 339 g/mol. The minimum Gasteiger partial charge on any atom is -0.389 e.